The summed E-state index contributed by atoms with van der Waals surface area (Å²) in [5.41, 5.74) is 3.95. The highest BCUT2D eigenvalue weighted by Gasteiger charge is 2.12. The fourth-order valence-corrected chi connectivity index (χ4v) is 3.02. The maximum atomic E-state index is 5.44. The van der Waals surface area contributed by atoms with Gasteiger partial charge in [-0.05, 0) is 19.1 Å². The number of ether oxygens (including phenoxy) is 1. The summed E-state index contributed by atoms with van der Waals surface area (Å²) in [6.45, 7) is 2.64. The third-order valence-electron chi connectivity index (χ3n) is 4.29. The van der Waals surface area contributed by atoms with Crippen molar-refractivity contribution in [1.82, 2.24) is 15.0 Å². The summed E-state index contributed by atoms with van der Waals surface area (Å²) in [6.07, 6.45) is 0. The lowest BCUT2D eigenvalue weighted by Gasteiger charge is -2.11. The third-order valence-corrected chi connectivity index (χ3v) is 4.29. The van der Waals surface area contributed by atoms with E-state index in [1.54, 1.807) is 7.11 Å². The quantitative estimate of drug-likeness (QED) is 0.557. The van der Waals surface area contributed by atoms with Crippen LogP contribution in [-0.2, 0) is 6.54 Å². The predicted octanol–water partition coefficient (Wildman–Crippen LogP) is 4.55. The fourth-order valence-electron chi connectivity index (χ4n) is 3.02. The maximum Gasteiger partial charge on any atom is 0.163 e. The van der Waals surface area contributed by atoms with Gasteiger partial charge in [-0.2, -0.15) is 0 Å². The van der Waals surface area contributed by atoms with Gasteiger partial charge in [-0.15, -0.1) is 0 Å². The Kier molecular flexibility index (Phi) is 4.27. The molecule has 2 heterocycles. The van der Waals surface area contributed by atoms with Crippen molar-refractivity contribution in [3.63, 3.8) is 0 Å². The molecule has 0 aliphatic carbocycles. The van der Waals surface area contributed by atoms with Gasteiger partial charge in [0.1, 0.15) is 17.2 Å². The van der Waals surface area contributed by atoms with E-state index in [9.17, 15) is 0 Å². The van der Waals surface area contributed by atoms with Gasteiger partial charge in [0.15, 0.2) is 5.82 Å². The minimum atomic E-state index is 0.620. The Morgan fingerprint density at radius 3 is 2.58 bits per heavy atom. The van der Waals surface area contributed by atoms with Crippen molar-refractivity contribution in [1.29, 1.82) is 0 Å². The van der Waals surface area contributed by atoms with E-state index in [2.05, 4.69) is 21.4 Å². The van der Waals surface area contributed by atoms with Crippen molar-refractivity contribution in [3.05, 3.63) is 71.9 Å². The molecule has 0 atom stereocenters. The van der Waals surface area contributed by atoms with Gasteiger partial charge < -0.3 is 15.0 Å². The Bertz CT molecular complexity index is 1040. The average Bonchev–Trinajstić information content (AvgIpc) is 3.07. The molecule has 0 saturated carbocycles. The van der Waals surface area contributed by atoms with Crippen molar-refractivity contribution < 1.29 is 4.74 Å². The zero-order chi connectivity index (χ0) is 17.9. The number of H-pyrrole nitrogens is 1. The Morgan fingerprint density at radius 2 is 1.77 bits per heavy atom. The molecule has 0 unspecified atom stereocenters. The molecule has 0 saturated heterocycles. The van der Waals surface area contributed by atoms with E-state index >= 15 is 0 Å². The van der Waals surface area contributed by atoms with Gasteiger partial charge in [-0.25, -0.2) is 9.97 Å². The maximum absolute atomic E-state index is 5.44. The topological polar surface area (TPSA) is 62.8 Å². The van der Waals surface area contributed by atoms with Gasteiger partial charge >= 0.3 is 0 Å². The van der Waals surface area contributed by atoms with Crippen LogP contribution in [0.3, 0.4) is 0 Å². The van der Waals surface area contributed by atoms with E-state index < -0.39 is 0 Å². The highest BCUT2D eigenvalue weighted by molar-refractivity contribution is 5.89. The Labute approximate surface area is 152 Å². The van der Waals surface area contributed by atoms with Crippen molar-refractivity contribution in [2.24, 2.45) is 0 Å². The van der Waals surface area contributed by atoms with Gasteiger partial charge in [0.25, 0.3) is 0 Å². The number of hydrogen-bond donors (Lipinski definition) is 2. The molecule has 26 heavy (non-hydrogen) atoms. The summed E-state index contributed by atoms with van der Waals surface area (Å²) in [7, 11) is 1.69. The highest BCUT2D eigenvalue weighted by Crippen LogP contribution is 2.27. The number of para-hydroxylation sites is 1. The molecule has 2 aromatic heterocycles. The minimum Gasteiger partial charge on any atom is -0.496 e. The van der Waals surface area contributed by atoms with E-state index in [1.165, 1.54) is 0 Å². The van der Waals surface area contributed by atoms with Crippen molar-refractivity contribution in [2.75, 3.05) is 12.4 Å². The molecule has 130 valence electrons. The molecule has 0 fully saturated rings. The van der Waals surface area contributed by atoms with E-state index in [0.29, 0.717) is 12.4 Å². The van der Waals surface area contributed by atoms with Crippen LogP contribution in [0.25, 0.3) is 22.4 Å². The number of benzene rings is 2. The van der Waals surface area contributed by atoms with Crippen LogP contribution in [0.15, 0.2) is 60.7 Å². The number of aromatic nitrogens is 3. The normalized spacial score (nSPS) is 10.8. The number of methoxy groups -OCH3 is 1. The number of aromatic amines is 1. The lowest BCUT2D eigenvalue weighted by atomic mass is 10.2. The molecule has 4 rings (SSSR count). The lowest BCUT2D eigenvalue weighted by molar-refractivity contribution is 0.410. The second kappa shape index (κ2) is 6.88. The molecule has 0 bridgehead atoms. The van der Waals surface area contributed by atoms with Crippen LogP contribution in [0.4, 0.5) is 5.82 Å². The molecule has 0 radical (unpaired) electrons. The second-order valence-corrected chi connectivity index (χ2v) is 6.14. The Balaban J connectivity index is 1.73. The van der Waals surface area contributed by atoms with Gasteiger partial charge in [0, 0.05) is 23.4 Å². The van der Waals surface area contributed by atoms with Crippen LogP contribution in [0, 0.1) is 6.92 Å². The van der Waals surface area contributed by atoms with Gasteiger partial charge in [-0.3, -0.25) is 0 Å². The summed E-state index contributed by atoms with van der Waals surface area (Å²) in [5.74, 6) is 2.37. The Hall–Kier alpha value is -3.34. The zero-order valence-corrected chi connectivity index (χ0v) is 14.8. The number of fused-ring (bicyclic) bond motifs is 1. The molecule has 0 aliphatic rings. The SMILES string of the molecule is COc1ccccc1CNc1nc(-c2ccccc2)nc2[nH]c(C)cc12. The molecule has 5 heteroatoms. The molecule has 0 spiro atoms. The van der Waals surface area contributed by atoms with E-state index in [0.717, 1.165) is 39.4 Å². The van der Waals surface area contributed by atoms with Crippen molar-refractivity contribution in [2.45, 2.75) is 13.5 Å². The average molecular weight is 344 g/mol. The predicted molar refractivity (Wildman–Crippen MR) is 104 cm³/mol. The molecule has 2 N–H and O–H groups in total. The van der Waals surface area contributed by atoms with Crippen LogP contribution < -0.4 is 10.1 Å². The van der Waals surface area contributed by atoms with Gasteiger partial charge in [0.2, 0.25) is 0 Å². The van der Waals surface area contributed by atoms with Crippen molar-refractivity contribution >= 4 is 16.9 Å². The van der Waals surface area contributed by atoms with Crippen LogP contribution in [-0.4, -0.2) is 22.1 Å². The minimum absolute atomic E-state index is 0.620. The number of nitrogens with one attached hydrogen (secondary N) is 2. The number of aryl methyl sites for hydroxylation is 1. The number of rotatable bonds is 5. The Morgan fingerprint density at radius 1 is 1.00 bits per heavy atom. The molecular formula is C21H20N4O. The number of nitrogens with zero attached hydrogens (tertiary/aromatic N) is 2. The lowest BCUT2D eigenvalue weighted by Crippen LogP contribution is -2.05. The van der Waals surface area contributed by atoms with Crippen molar-refractivity contribution in [3.8, 4) is 17.1 Å². The molecule has 4 aromatic rings. The fraction of sp³-hybridized carbons (Fsp3) is 0.143. The summed E-state index contributed by atoms with van der Waals surface area (Å²) >= 11 is 0. The van der Waals surface area contributed by atoms with E-state index in [1.807, 2.05) is 61.5 Å². The van der Waals surface area contributed by atoms with Crippen LogP contribution >= 0.6 is 0 Å². The van der Waals surface area contributed by atoms with E-state index in [4.69, 9.17) is 9.72 Å². The third kappa shape index (κ3) is 3.11. The van der Waals surface area contributed by atoms with Crippen LogP contribution in [0.2, 0.25) is 0 Å². The molecule has 5 nitrogen and oxygen atoms in total. The number of hydrogen-bond acceptors (Lipinski definition) is 4. The molecule has 0 amide bonds. The first-order chi connectivity index (χ1) is 12.7. The summed E-state index contributed by atoms with van der Waals surface area (Å²) in [4.78, 5) is 12.8. The second-order valence-electron chi connectivity index (χ2n) is 6.14. The number of anilines is 1. The van der Waals surface area contributed by atoms with Crippen LogP contribution in [0.1, 0.15) is 11.3 Å². The first kappa shape index (κ1) is 16.1. The van der Waals surface area contributed by atoms with Crippen LogP contribution in [0.5, 0.6) is 5.75 Å². The standard InChI is InChI=1S/C21H20N4O/c1-14-12-17-20(22-13-16-10-6-7-11-18(16)26-2)24-19(25-21(17)23-14)15-8-4-3-5-9-15/h3-12H,13H2,1-2H3,(H2,22,23,24,25). The largest absolute Gasteiger partial charge is 0.496 e. The van der Waals surface area contributed by atoms with E-state index in [-0.39, 0.29) is 0 Å². The molecule has 2 aromatic carbocycles. The summed E-state index contributed by atoms with van der Waals surface area (Å²) in [5, 5.41) is 4.43. The first-order valence-electron chi connectivity index (χ1n) is 8.53. The summed E-state index contributed by atoms with van der Waals surface area (Å²) in [6, 6.07) is 20.0. The highest BCUT2D eigenvalue weighted by atomic mass is 16.5. The first-order valence-corrected chi connectivity index (χ1v) is 8.53. The zero-order valence-electron chi connectivity index (χ0n) is 14.8. The molecule has 0 aliphatic heterocycles. The monoisotopic (exact) mass is 344 g/mol. The van der Waals surface area contributed by atoms with Gasteiger partial charge in [0.05, 0.1) is 12.5 Å². The smallest absolute Gasteiger partial charge is 0.163 e. The van der Waals surface area contributed by atoms with Gasteiger partial charge in [-0.1, -0.05) is 48.5 Å². The summed E-state index contributed by atoms with van der Waals surface area (Å²) < 4.78 is 5.44. The molecular weight excluding hydrogens is 324 g/mol.